The van der Waals surface area contributed by atoms with Crippen LogP contribution in [0.3, 0.4) is 0 Å². The zero-order valence-electron chi connectivity index (χ0n) is 20.0. The largest absolute Gasteiger partial charge is 0.475 e. The number of benzene rings is 1. The predicted octanol–water partition coefficient (Wildman–Crippen LogP) is 1.58. The molecule has 1 aliphatic heterocycles. The molecule has 0 spiro atoms. The van der Waals surface area contributed by atoms with E-state index in [0.29, 0.717) is 5.56 Å². The smallest absolute Gasteiger partial charge is 0.373 e. The highest BCUT2D eigenvalue weighted by Crippen LogP contribution is 2.37. The third kappa shape index (κ3) is 7.83. The molecule has 0 radical (unpaired) electrons. The summed E-state index contributed by atoms with van der Waals surface area (Å²) in [5.74, 6) is -4.71. The summed E-state index contributed by atoms with van der Waals surface area (Å²) in [5, 5.41) is 0. The van der Waals surface area contributed by atoms with E-state index in [1.807, 2.05) is 0 Å². The molecule has 0 aliphatic carbocycles. The van der Waals surface area contributed by atoms with Gasteiger partial charge in [0.2, 0.25) is 5.76 Å². The van der Waals surface area contributed by atoms with E-state index in [-0.39, 0.29) is 5.76 Å². The molecule has 0 bridgehead atoms. The molecule has 190 valence electrons. The molecule has 1 heterocycles. The fraction of sp³-hybridized carbons (Fsp3) is 0.458. The maximum Gasteiger partial charge on any atom is 0.373 e. The van der Waals surface area contributed by atoms with Crippen LogP contribution >= 0.6 is 0 Å². The highest BCUT2D eigenvalue weighted by atomic mass is 16.6. The first-order valence-electron chi connectivity index (χ1n) is 10.7. The molecule has 0 aromatic heterocycles. The summed E-state index contributed by atoms with van der Waals surface area (Å²) in [6.45, 7) is 4.06. The fourth-order valence-corrected chi connectivity index (χ4v) is 3.63. The lowest BCUT2D eigenvalue weighted by Gasteiger charge is -2.41. The van der Waals surface area contributed by atoms with Crippen molar-refractivity contribution < 1.29 is 52.4 Å². The van der Waals surface area contributed by atoms with E-state index < -0.39 is 66.8 Å². The van der Waals surface area contributed by atoms with Gasteiger partial charge < -0.3 is 28.4 Å². The number of hydrogen-bond acceptors (Lipinski definition) is 11. The third-order valence-corrected chi connectivity index (χ3v) is 4.91. The Morgan fingerprint density at radius 2 is 1.51 bits per heavy atom. The highest BCUT2D eigenvalue weighted by Gasteiger charge is 2.49. The molecule has 0 saturated heterocycles. The van der Waals surface area contributed by atoms with Crippen molar-refractivity contribution in [3.8, 4) is 0 Å². The number of esters is 5. The van der Waals surface area contributed by atoms with Gasteiger partial charge in [-0.3, -0.25) is 19.2 Å². The van der Waals surface area contributed by atoms with Crippen LogP contribution in [0.2, 0.25) is 0 Å². The molecule has 5 atom stereocenters. The van der Waals surface area contributed by atoms with Crippen molar-refractivity contribution in [2.24, 2.45) is 0 Å². The molecule has 0 unspecified atom stereocenters. The van der Waals surface area contributed by atoms with Crippen molar-refractivity contribution >= 4 is 29.8 Å². The van der Waals surface area contributed by atoms with Gasteiger partial charge >= 0.3 is 29.8 Å². The van der Waals surface area contributed by atoms with Crippen LogP contribution in [-0.2, 0) is 52.4 Å². The first-order chi connectivity index (χ1) is 16.5. The Morgan fingerprint density at radius 3 is 2.03 bits per heavy atom. The molecule has 0 fully saturated rings. The van der Waals surface area contributed by atoms with E-state index in [1.54, 1.807) is 30.3 Å². The van der Waals surface area contributed by atoms with Gasteiger partial charge in [0.25, 0.3) is 0 Å². The highest BCUT2D eigenvalue weighted by molar-refractivity contribution is 5.86. The Labute approximate surface area is 202 Å². The van der Waals surface area contributed by atoms with Crippen molar-refractivity contribution in [3.05, 3.63) is 47.7 Å². The van der Waals surface area contributed by atoms with E-state index in [2.05, 4.69) is 0 Å². The molecular formula is C24H28O11. The first-order valence-corrected chi connectivity index (χ1v) is 10.7. The predicted molar refractivity (Wildman–Crippen MR) is 117 cm³/mol. The molecule has 0 N–H and O–H groups in total. The average molecular weight is 492 g/mol. The Bertz CT molecular complexity index is 969. The molecule has 11 nitrogen and oxygen atoms in total. The SMILES string of the molecule is COC(=O)C1=C[C@H](c2ccccc2)[C@@H](OC(C)=O)[C@H]([C@H](OC(C)=O)[C@@H](COC(C)=O)OC(C)=O)O1. The van der Waals surface area contributed by atoms with Gasteiger partial charge in [-0.25, -0.2) is 4.79 Å². The van der Waals surface area contributed by atoms with Gasteiger partial charge in [0.1, 0.15) is 6.61 Å². The zero-order chi connectivity index (χ0) is 26.1. The summed E-state index contributed by atoms with van der Waals surface area (Å²) >= 11 is 0. The minimum absolute atomic E-state index is 0.235. The standard InChI is InChI=1S/C24H28O11/c1-13(25)31-12-20(32-14(2)26)22(34-16(4)28)23-21(33-15(3)27)18(17-9-7-6-8-10-17)11-19(35-23)24(29)30-5/h6-11,18,20-23H,12H2,1-5H3/t18-,20-,21-,22-,23-/m1/s1. The second-order valence-corrected chi connectivity index (χ2v) is 7.64. The Hall–Kier alpha value is -3.89. The van der Waals surface area contributed by atoms with Crippen molar-refractivity contribution in [1.29, 1.82) is 0 Å². The lowest BCUT2D eigenvalue weighted by Crippen LogP contribution is -2.55. The van der Waals surface area contributed by atoms with E-state index >= 15 is 0 Å². The minimum Gasteiger partial charge on any atom is -0.475 e. The number of hydrogen-bond donors (Lipinski definition) is 0. The second-order valence-electron chi connectivity index (χ2n) is 7.64. The van der Waals surface area contributed by atoms with Gasteiger partial charge in [0.15, 0.2) is 24.4 Å². The number of carbonyl (C=O) groups is 5. The van der Waals surface area contributed by atoms with Crippen LogP contribution in [0.1, 0.15) is 39.2 Å². The zero-order valence-corrected chi connectivity index (χ0v) is 20.0. The lowest BCUT2D eigenvalue weighted by molar-refractivity contribution is -0.199. The van der Waals surface area contributed by atoms with Gasteiger partial charge in [-0.05, 0) is 11.6 Å². The molecule has 35 heavy (non-hydrogen) atoms. The normalized spacial score (nSPS) is 20.7. The monoisotopic (exact) mass is 492 g/mol. The molecular weight excluding hydrogens is 464 g/mol. The van der Waals surface area contributed by atoms with Crippen LogP contribution < -0.4 is 0 Å². The Morgan fingerprint density at radius 1 is 0.886 bits per heavy atom. The van der Waals surface area contributed by atoms with Crippen molar-refractivity contribution in [2.45, 2.75) is 58.0 Å². The third-order valence-electron chi connectivity index (χ3n) is 4.91. The Kier molecular flexibility index (Phi) is 9.80. The van der Waals surface area contributed by atoms with Crippen LogP contribution in [0.5, 0.6) is 0 Å². The van der Waals surface area contributed by atoms with Gasteiger partial charge in [-0.15, -0.1) is 0 Å². The van der Waals surface area contributed by atoms with E-state index in [9.17, 15) is 24.0 Å². The van der Waals surface area contributed by atoms with Crippen LogP contribution in [-0.4, -0.2) is 68.0 Å². The summed E-state index contributed by atoms with van der Waals surface area (Å²) in [6.07, 6.45) is -3.85. The number of ether oxygens (including phenoxy) is 6. The number of rotatable bonds is 9. The van der Waals surface area contributed by atoms with Gasteiger partial charge in [-0.2, -0.15) is 0 Å². The molecule has 1 aliphatic rings. The van der Waals surface area contributed by atoms with E-state index in [4.69, 9.17) is 28.4 Å². The van der Waals surface area contributed by atoms with Crippen molar-refractivity contribution in [1.82, 2.24) is 0 Å². The van der Waals surface area contributed by atoms with Gasteiger partial charge in [0.05, 0.1) is 7.11 Å². The van der Waals surface area contributed by atoms with E-state index in [1.165, 1.54) is 13.0 Å². The van der Waals surface area contributed by atoms with Crippen molar-refractivity contribution in [2.75, 3.05) is 13.7 Å². The van der Waals surface area contributed by atoms with Gasteiger partial charge in [-0.1, -0.05) is 30.3 Å². The van der Waals surface area contributed by atoms with Crippen molar-refractivity contribution in [3.63, 3.8) is 0 Å². The summed E-state index contributed by atoms with van der Waals surface area (Å²) in [7, 11) is 1.16. The molecule has 1 aromatic carbocycles. The van der Waals surface area contributed by atoms with Crippen LogP contribution in [0.25, 0.3) is 0 Å². The fourth-order valence-electron chi connectivity index (χ4n) is 3.63. The van der Waals surface area contributed by atoms with Crippen LogP contribution in [0.4, 0.5) is 0 Å². The van der Waals surface area contributed by atoms with Crippen LogP contribution in [0.15, 0.2) is 42.2 Å². The summed E-state index contributed by atoms with van der Waals surface area (Å²) < 4.78 is 31.9. The van der Waals surface area contributed by atoms with Crippen LogP contribution in [0, 0.1) is 0 Å². The molecule has 0 amide bonds. The maximum absolute atomic E-state index is 12.4. The lowest BCUT2D eigenvalue weighted by atomic mass is 9.84. The summed E-state index contributed by atoms with van der Waals surface area (Å²) in [6, 6.07) is 8.78. The average Bonchev–Trinajstić information content (AvgIpc) is 2.79. The summed E-state index contributed by atoms with van der Waals surface area (Å²) in [5.41, 5.74) is 0.652. The topological polar surface area (TPSA) is 141 Å². The molecule has 1 aromatic rings. The number of methoxy groups -OCH3 is 1. The molecule has 2 rings (SSSR count). The molecule has 0 saturated carbocycles. The quantitative estimate of drug-likeness (QED) is 0.366. The Balaban J connectivity index is 2.65. The molecule has 11 heteroatoms. The van der Waals surface area contributed by atoms with Gasteiger partial charge in [0, 0.05) is 33.6 Å². The first kappa shape index (κ1) is 27.4. The summed E-state index contributed by atoms with van der Waals surface area (Å²) in [4.78, 5) is 59.8. The number of carbonyl (C=O) groups excluding carboxylic acids is 5. The minimum atomic E-state index is -1.44. The maximum atomic E-state index is 12.4. The van der Waals surface area contributed by atoms with E-state index in [0.717, 1.165) is 27.9 Å². The second kappa shape index (κ2) is 12.5.